The van der Waals surface area contributed by atoms with E-state index in [9.17, 15) is 14.7 Å². The average Bonchev–Trinajstić information content (AvgIpc) is 3.17. The Labute approximate surface area is 160 Å². The van der Waals surface area contributed by atoms with Crippen LogP contribution < -0.4 is 5.32 Å². The summed E-state index contributed by atoms with van der Waals surface area (Å²) >= 11 is 1.35. The van der Waals surface area contributed by atoms with Crippen molar-refractivity contribution in [3.05, 3.63) is 40.8 Å². The lowest BCUT2D eigenvalue weighted by atomic mass is 9.83. The van der Waals surface area contributed by atoms with Gasteiger partial charge in [0, 0.05) is 5.56 Å². The predicted octanol–water partition coefficient (Wildman–Crippen LogP) is 5.07. The number of aromatic nitrogens is 1. The van der Waals surface area contributed by atoms with Crippen molar-refractivity contribution in [3.8, 4) is 11.3 Å². The molecule has 27 heavy (non-hydrogen) atoms. The number of fused-ring (bicyclic) bond motifs is 5. The molecular weight excluding hydrogens is 360 g/mol. The summed E-state index contributed by atoms with van der Waals surface area (Å²) in [6, 6.07) is 9.66. The number of carbonyl (C=O) groups excluding carboxylic acids is 1. The number of hydrogen-bond acceptors (Lipinski definition) is 3. The number of carboxylic acids is 1. The number of nitrogens with zero attached hydrogens (tertiary/aromatic N) is 1. The van der Waals surface area contributed by atoms with Gasteiger partial charge in [0.05, 0.1) is 21.6 Å². The highest BCUT2D eigenvalue weighted by molar-refractivity contribution is 7.21. The van der Waals surface area contributed by atoms with Gasteiger partial charge in [-0.05, 0) is 36.5 Å². The molecule has 1 aromatic carbocycles. The minimum atomic E-state index is -0.904. The molecule has 5 nitrogen and oxygen atoms in total. The Bertz CT molecular complexity index is 1070. The van der Waals surface area contributed by atoms with Gasteiger partial charge in [0.1, 0.15) is 11.4 Å². The first kappa shape index (κ1) is 16.6. The number of hydrogen-bond donors (Lipinski definition) is 2. The molecule has 2 aliphatic rings. The molecular formula is C21H20N2O3S. The summed E-state index contributed by atoms with van der Waals surface area (Å²) in [5.74, 6) is -0.561. The molecule has 138 valence electrons. The van der Waals surface area contributed by atoms with Gasteiger partial charge in [-0.3, -0.25) is 4.79 Å². The standard InChI is InChI=1S/C21H20N2O3S/c24-17-11-23-15-10-16(21(25)26)27-20(15)18(12-6-2-1-3-7-12)19(23)13-8-4-5-9-14(13)22-17/h4-5,8-10,12H,1-3,6-7,11H2,(H,22,24)(H,25,26). The summed E-state index contributed by atoms with van der Waals surface area (Å²) in [5.41, 5.74) is 5.08. The zero-order valence-electron chi connectivity index (χ0n) is 14.8. The van der Waals surface area contributed by atoms with E-state index in [0.29, 0.717) is 10.8 Å². The first-order valence-corrected chi connectivity index (χ1v) is 10.2. The maximum absolute atomic E-state index is 12.5. The Morgan fingerprint density at radius 3 is 2.74 bits per heavy atom. The van der Waals surface area contributed by atoms with Gasteiger partial charge in [0.15, 0.2) is 0 Å². The fraction of sp³-hybridized carbons (Fsp3) is 0.333. The molecule has 0 bridgehead atoms. The molecule has 0 atom stereocenters. The van der Waals surface area contributed by atoms with Crippen molar-refractivity contribution in [3.63, 3.8) is 0 Å². The molecule has 0 unspecified atom stereocenters. The normalized spacial score (nSPS) is 17.3. The third-order valence-electron chi connectivity index (χ3n) is 5.76. The van der Waals surface area contributed by atoms with Crippen LogP contribution in [-0.2, 0) is 11.3 Å². The largest absolute Gasteiger partial charge is 0.477 e. The van der Waals surface area contributed by atoms with Crippen LogP contribution in [0.3, 0.4) is 0 Å². The molecule has 1 aliphatic carbocycles. The summed E-state index contributed by atoms with van der Waals surface area (Å²) in [6.45, 7) is 0.211. The molecule has 0 spiro atoms. The van der Waals surface area contributed by atoms with Gasteiger partial charge in [-0.2, -0.15) is 0 Å². The Hall–Kier alpha value is -2.60. The smallest absolute Gasteiger partial charge is 0.345 e. The van der Waals surface area contributed by atoms with Crippen LogP contribution in [-0.4, -0.2) is 21.6 Å². The molecule has 1 amide bonds. The van der Waals surface area contributed by atoms with E-state index < -0.39 is 5.97 Å². The number of para-hydroxylation sites is 1. The first-order chi connectivity index (χ1) is 13.1. The molecule has 3 heterocycles. The molecule has 1 fully saturated rings. The van der Waals surface area contributed by atoms with Crippen LogP contribution >= 0.6 is 11.3 Å². The minimum absolute atomic E-state index is 0.0728. The number of benzene rings is 1. The van der Waals surface area contributed by atoms with Crippen molar-refractivity contribution in [2.45, 2.75) is 44.6 Å². The van der Waals surface area contributed by atoms with Crippen molar-refractivity contribution >= 4 is 39.1 Å². The van der Waals surface area contributed by atoms with Crippen LogP contribution in [0.4, 0.5) is 5.69 Å². The number of anilines is 1. The van der Waals surface area contributed by atoms with E-state index in [2.05, 4.69) is 11.4 Å². The molecule has 2 aromatic heterocycles. The second-order valence-corrected chi connectivity index (χ2v) is 8.46. The highest BCUT2D eigenvalue weighted by Gasteiger charge is 2.31. The first-order valence-electron chi connectivity index (χ1n) is 9.42. The molecule has 0 saturated heterocycles. The zero-order chi connectivity index (χ0) is 18.5. The van der Waals surface area contributed by atoms with Gasteiger partial charge in [0.25, 0.3) is 0 Å². The lowest BCUT2D eigenvalue weighted by Gasteiger charge is -2.23. The van der Waals surface area contributed by atoms with Crippen LogP contribution in [0.1, 0.15) is 53.3 Å². The Balaban J connectivity index is 1.85. The van der Waals surface area contributed by atoms with E-state index in [-0.39, 0.29) is 12.5 Å². The molecule has 5 rings (SSSR count). The van der Waals surface area contributed by atoms with Crippen molar-refractivity contribution in [1.82, 2.24) is 4.57 Å². The van der Waals surface area contributed by atoms with E-state index in [1.807, 2.05) is 22.8 Å². The van der Waals surface area contributed by atoms with Crippen LogP contribution in [0.25, 0.3) is 21.5 Å². The Morgan fingerprint density at radius 1 is 1.19 bits per heavy atom. The predicted molar refractivity (Wildman–Crippen MR) is 107 cm³/mol. The van der Waals surface area contributed by atoms with E-state index in [1.165, 1.54) is 36.2 Å². The summed E-state index contributed by atoms with van der Waals surface area (Å²) < 4.78 is 3.07. The Kier molecular flexibility index (Phi) is 3.82. The molecule has 1 aliphatic heterocycles. The fourth-order valence-corrected chi connectivity index (χ4v) is 5.74. The summed E-state index contributed by atoms with van der Waals surface area (Å²) in [7, 11) is 0. The van der Waals surface area contributed by atoms with Crippen molar-refractivity contribution in [2.75, 3.05) is 5.32 Å². The fourth-order valence-electron chi connectivity index (χ4n) is 4.61. The monoisotopic (exact) mass is 380 g/mol. The lowest BCUT2D eigenvalue weighted by Crippen LogP contribution is -2.16. The van der Waals surface area contributed by atoms with E-state index in [0.717, 1.165) is 40.0 Å². The van der Waals surface area contributed by atoms with Gasteiger partial charge in [-0.15, -0.1) is 11.3 Å². The molecule has 0 radical (unpaired) electrons. The average molecular weight is 380 g/mol. The maximum Gasteiger partial charge on any atom is 0.345 e. The molecule has 3 aromatic rings. The summed E-state index contributed by atoms with van der Waals surface area (Å²) in [4.78, 5) is 24.4. The number of amides is 1. The van der Waals surface area contributed by atoms with Crippen LogP contribution in [0.2, 0.25) is 0 Å². The number of aromatic carboxylic acids is 1. The Morgan fingerprint density at radius 2 is 1.96 bits per heavy atom. The van der Waals surface area contributed by atoms with Gasteiger partial charge in [0.2, 0.25) is 5.91 Å². The van der Waals surface area contributed by atoms with Crippen LogP contribution in [0.15, 0.2) is 30.3 Å². The molecule has 6 heteroatoms. The summed E-state index contributed by atoms with van der Waals surface area (Å²) in [6.07, 6.45) is 5.91. The van der Waals surface area contributed by atoms with Crippen molar-refractivity contribution in [1.29, 1.82) is 0 Å². The van der Waals surface area contributed by atoms with Crippen molar-refractivity contribution in [2.24, 2.45) is 0 Å². The van der Waals surface area contributed by atoms with Gasteiger partial charge < -0.3 is 15.0 Å². The third-order valence-corrected chi connectivity index (χ3v) is 6.90. The van der Waals surface area contributed by atoms with Crippen molar-refractivity contribution < 1.29 is 14.7 Å². The number of carboxylic acid groups (broad SMARTS) is 1. The van der Waals surface area contributed by atoms with E-state index in [1.54, 1.807) is 6.07 Å². The van der Waals surface area contributed by atoms with Gasteiger partial charge in [-0.1, -0.05) is 37.5 Å². The second kappa shape index (κ2) is 6.23. The number of thiophene rings is 1. The van der Waals surface area contributed by atoms with Gasteiger partial charge >= 0.3 is 5.97 Å². The summed E-state index contributed by atoms with van der Waals surface area (Å²) in [5, 5.41) is 12.5. The number of rotatable bonds is 2. The minimum Gasteiger partial charge on any atom is -0.477 e. The lowest BCUT2D eigenvalue weighted by molar-refractivity contribution is -0.116. The molecule has 1 saturated carbocycles. The zero-order valence-corrected chi connectivity index (χ0v) is 15.6. The van der Waals surface area contributed by atoms with E-state index in [4.69, 9.17) is 0 Å². The number of carbonyl (C=O) groups is 2. The highest BCUT2D eigenvalue weighted by atomic mass is 32.1. The third kappa shape index (κ3) is 2.58. The van der Waals surface area contributed by atoms with Gasteiger partial charge in [-0.25, -0.2) is 4.79 Å². The number of nitrogens with one attached hydrogen (secondary N) is 1. The topological polar surface area (TPSA) is 71.3 Å². The van der Waals surface area contributed by atoms with Crippen LogP contribution in [0.5, 0.6) is 0 Å². The second-order valence-electron chi connectivity index (χ2n) is 7.41. The van der Waals surface area contributed by atoms with E-state index >= 15 is 0 Å². The molecule has 2 N–H and O–H groups in total. The maximum atomic E-state index is 12.5. The highest BCUT2D eigenvalue weighted by Crippen LogP contribution is 2.48. The van der Waals surface area contributed by atoms with Crippen LogP contribution in [0, 0.1) is 0 Å². The SMILES string of the molecule is O=C1Cn2c(c(C3CCCCC3)c3sc(C(=O)O)cc32)-c2ccccc2N1. The quantitative estimate of drug-likeness (QED) is 0.652.